The first-order valence-corrected chi connectivity index (χ1v) is 10.1. The predicted octanol–water partition coefficient (Wildman–Crippen LogP) is 1.93. The van der Waals surface area contributed by atoms with Gasteiger partial charge < -0.3 is 0 Å². The van der Waals surface area contributed by atoms with Gasteiger partial charge in [-0.3, -0.25) is 4.55 Å². The zero-order valence-electron chi connectivity index (χ0n) is 11.0. The summed E-state index contributed by atoms with van der Waals surface area (Å²) in [6.45, 7) is 0. The van der Waals surface area contributed by atoms with Crippen LogP contribution in [0.2, 0.25) is 0 Å². The molecule has 0 aromatic heterocycles. The molecule has 7 heteroatoms. The molecule has 0 aromatic carbocycles. The Kier molecular flexibility index (Phi) is 4.57. The maximum Gasteiger partial charge on any atom is 0.267 e. The smallest absolute Gasteiger partial charge is 0.267 e. The van der Waals surface area contributed by atoms with Crippen LogP contribution in [0.15, 0.2) is 0 Å². The first kappa shape index (κ1) is 15.3. The third-order valence-corrected chi connectivity index (χ3v) is 8.51. The molecule has 0 saturated heterocycles. The molecule has 2 unspecified atom stereocenters. The number of hydrogen-bond acceptors (Lipinski definition) is 4. The number of hydrogen-bond donors (Lipinski definition) is 1. The summed E-state index contributed by atoms with van der Waals surface area (Å²) in [7, 11) is -7.37. The topological polar surface area (TPSA) is 88.5 Å². The van der Waals surface area contributed by atoms with Crippen LogP contribution in [-0.4, -0.2) is 37.1 Å². The summed E-state index contributed by atoms with van der Waals surface area (Å²) < 4.78 is 56.6. The average molecular weight is 310 g/mol. The Bertz CT molecular complexity index is 502. The fourth-order valence-corrected chi connectivity index (χ4v) is 6.93. The van der Waals surface area contributed by atoms with Crippen LogP contribution in [-0.2, 0) is 20.0 Å². The summed E-state index contributed by atoms with van der Waals surface area (Å²) in [5.41, 5.74) is 0. The van der Waals surface area contributed by atoms with Gasteiger partial charge in [-0.1, -0.05) is 25.7 Å². The van der Waals surface area contributed by atoms with E-state index in [9.17, 15) is 16.8 Å². The van der Waals surface area contributed by atoms with Gasteiger partial charge in [0.05, 0.1) is 15.7 Å². The Balaban J connectivity index is 2.11. The molecule has 0 aliphatic heterocycles. The van der Waals surface area contributed by atoms with Crippen molar-refractivity contribution in [1.29, 1.82) is 0 Å². The van der Waals surface area contributed by atoms with Gasteiger partial charge in [0.25, 0.3) is 10.1 Å². The van der Waals surface area contributed by atoms with Crippen LogP contribution in [0.4, 0.5) is 0 Å². The maximum atomic E-state index is 12.5. The first-order chi connectivity index (χ1) is 8.82. The first-order valence-electron chi connectivity index (χ1n) is 7.01. The van der Waals surface area contributed by atoms with Crippen molar-refractivity contribution in [2.75, 3.05) is 0 Å². The lowest BCUT2D eigenvalue weighted by Gasteiger charge is -2.31. The maximum absolute atomic E-state index is 12.5. The largest absolute Gasteiger partial charge is 0.285 e. The van der Waals surface area contributed by atoms with Crippen LogP contribution in [0.5, 0.6) is 0 Å². The molecule has 5 nitrogen and oxygen atoms in total. The molecule has 0 aromatic rings. The molecule has 112 valence electrons. The second-order valence-electron chi connectivity index (χ2n) is 5.77. The zero-order valence-corrected chi connectivity index (χ0v) is 12.6. The van der Waals surface area contributed by atoms with E-state index < -0.39 is 30.5 Å². The molecule has 19 heavy (non-hydrogen) atoms. The Labute approximate surface area is 115 Å². The molecule has 2 rings (SSSR count). The standard InChI is InChI=1S/C12H22O5S2/c13-18(14,10-5-2-1-3-6-10)11-7-4-8-12(9-11)19(15,16)17/h10-12H,1-9H2,(H,15,16,17). The summed E-state index contributed by atoms with van der Waals surface area (Å²) in [5, 5.41) is -1.78. The van der Waals surface area contributed by atoms with Crippen molar-refractivity contribution < 1.29 is 21.4 Å². The molecule has 2 fully saturated rings. The fourth-order valence-electron chi connectivity index (χ4n) is 3.34. The molecule has 2 aliphatic rings. The second-order valence-corrected chi connectivity index (χ2v) is 9.98. The molecule has 0 heterocycles. The van der Waals surface area contributed by atoms with Gasteiger partial charge in [0.1, 0.15) is 0 Å². The van der Waals surface area contributed by atoms with E-state index in [-0.39, 0.29) is 11.7 Å². The van der Waals surface area contributed by atoms with Crippen molar-refractivity contribution in [3.05, 3.63) is 0 Å². The summed E-state index contributed by atoms with van der Waals surface area (Å²) >= 11 is 0. The number of sulfone groups is 1. The van der Waals surface area contributed by atoms with E-state index in [1.807, 2.05) is 0 Å². The van der Waals surface area contributed by atoms with Crippen LogP contribution in [0, 0.1) is 0 Å². The monoisotopic (exact) mass is 310 g/mol. The molecular weight excluding hydrogens is 288 g/mol. The highest BCUT2D eigenvalue weighted by Gasteiger charge is 2.40. The van der Waals surface area contributed by atoms with E-state index in [1.54, 1.807) is 0 Å². The van der Waals surface area contributed by atoms with Gasteiger partial charge in [0.2, 0.25) is 0 Å². The zero-order chi connectivity index (χ0) is 14.1. The lowest BCUT2D eigenvalue weighted by molar-refractivity contribution is 0.416. The van der Waals surface area contributed by atoms with Crippen LogP contribution in [0.1, 0.15) is 57.8 Å². The van der Waals surface area contributed by atoms with E-state index >= 15 is 0 Å². The summed E-state index contributed by atoms with van der Waals surface area (Å²) in [5.74, 6) is 0. The third-order valence-electron chi connectivity index (χ3n) is 4.48. The summed E-state index contributed by atoms with van der Waals surface area (Å²) in [4.78, 5) is 0. The lowest BCUT2D eigenvalue weighted by Crippen LogP contribution is -2.40. The van der Waals surface area contributed by atoms with E-state index in [1.165, 1.54) is 0 Å². The van der Waals surface area contributed by atoms with Gasteiger partial charge in [-0.05, 0) is 32.1 Å². The van der Waals surface area contributed by atoms with E-state index in [0.717, 1.165) is 19.3 Å². The molecular formula is C12H22O5S2. The normalized spacial score (nSPS) is 31.2. The Morgan fingerprint density at radius 3 is 1.79 bits per heavy atom. The molecule has 2 saturated carbocycles. The van der Waals surface area contributed by atoms with Gasteiger partial charge in [0.15, 0.2) is 9.84 Å². The third kappa shape index (κ3) is 3.49. The molecule has 2 aliphatic carbocycles. The van der Waals surface area contributed by atoms with E-state index in [4.69, 9.17) is 4.55 Å². The molecule has 0 radical (unpaired) electrons. The highest BCUT2D eigenvalue weighted by atomic mass is 32.2. The molecule has 2 atom stereocenters. The average Bonchev–Trinajstić information content (AvgIpc) is 2.39. The fraction of sp³-hybridized carbons (Fsp3) is 1.00. The van der Waals surface area contributed by atoms with Crippen LogP contribution in [0.25, 0.3) is 0 Å². The van der Waals surface area contributed by atoms with Crippen molar-refractivity contribution in [1.82, 2.24) is 0 Å². The lowest BCUT2D eigenvalue weighted by atomic mass is 9.99. The Morgan fingerprint density at radius 2 is 1.21 bits per heavy atom. The van der Waals surface area contributed by atoms with Crippen molar-refractivity contribution >= 4 is 20.0 Å². The van der Waals surface area contributed by atoms with Crippen molar-refractivity contribution in [2.24, 2.45) is 0 Å². The summed E-state index contributed by atoms with van der Waals surface area (Å²) in [6.07, 6.45) is 5.91. The van der Waals surface area contributed by atoms with Gasteiger partial charge >= 0.3 is 0 Å². The van der Waals surface area contributed by atoms with E-state index in [2.05, 4.69) is 0 Å². The highest BCUT2D eigenvalue weighted by Crippen LogP contribution is 2.34. The number of rotatable bonds is 3. The SMILES string of the molecule is O=S(=O)(O)C1CCCC(S(=O)(=O)C2CCCCC2)C1. The van der Waals surface area contributed by atoms with E-state index in [0.29, 0.717) is 32.1 Å². The second kappa shape index (κ2) is 5.69. The molecule has 0 spiro atoms. The van der Waals surface area contributed by atoms with Crippen LogP contribution >= 0.6 is 0 Å². The minimum absolute atomic E-state index is 0.0671. The van der Waals surface area contributed by atoms with Crippen LogP contribution in [0.3, 0.4) is 0 Å². The van der Waals surface area contributed by atoms with Gasteiger partial charge in [0, 0.05) is 0 Å². The Morgan fingerprint density at radius 1 is 0.684 bits per heavy atom. The van der Waals surface area contributed by atoms with Crippen molar-refractivity contribution in [3.63, 3.8) is 0 Å². The van der Waals surface area contributed by atoms with Gasteiger partial charge in [-0.25, -0.2) is 8.42 Å². The van der Waals surface area contributed by atoms with Crippen molar-refractivity contribution in [2.45, 2.75) is 73.5 Å². The predicted molar refractivity (Wildman–Crippen MR) is 73.4 cm³/mol. The quantitative estimate of drug-likeness (QED) is 0.805. The Hall–Kier alpha value is -0.140. The summed E-state index contributed by atoms with van der Waals surface area (Å²) in [6, 6.07) is 0. The minimum atomic E-state index is -4.11. The molecule has 0 bridgehead atoms. The van der Waals surface area contributed by atoms with Crippen molar-refractivity contribution in [3.8, 4) is 0 Å². The van der Waals surface area contributed by atoms with Gasteiger partial charge in [-0.2, -0.15) is 8.42 Å². The van der Waals surface area contributed by atoms with Gasteiger partial charge in [-0.15, -0.1) is 0 Å². The van der Waals surface area contributed by atoms with Crippen LogP contribution < -0.4 is 0 Å². The molecule has 1 N–H and O–H groups in total. The minimum Gasteiger partial charge on any atom is -0.285 e. The molecule has 0 amide bonds. The highest BCUT2D eigenvalue weighted by molar-refractivity contribution is 7.92.